The smallest absolute Gasteiger partial charge is 0.406 e. The third-order valence-corrected chi connectivity index (χ3v) is 7.32. The van der Waals surface area contributed by atoms with Crippen LogP contribution < -0.4 is 10.1 Å². The Morgan fingerprint density at radius 2 is 2.02 bits per heavy atom. The average Bonchev–Trinajstić information content (AvgIpc) is 3.30. The zero-order valence-corrected chi connectivity index (χ0v) is 24.7. The van der Waals surface area contributed by atoms with E-state index in [-0.39, 0.29) is 30.8 Å². The van der Waals surface area contributed by atoms with Crippen molar-refractivity contribution in [3.8, 4) is 17.6 Å². The number of esters is 1. The maximum absolute atomic E-state index is 14.8. The maximum Gasteiger partial charge on any atom is 0.406 e. The molecule has 1 fully saturated rings. The van der Waals surface area contributed by atoms with Gasteiger partial charge in [0.2, 0.25) is 0 Å². The van der Waals surface area contributed by atoms with Crippen molar-refractivity contribution in [3.05, 3.63) is 53.7 Å². The number of nitrogens with zero attached hydrogens (tertiary/aromatic N) is 3. The number of aliphatic imine (C=N–C) groups is 1. The van der Waals surface area contributed by atoms with E-state index in [2.05, 4.69) is 27.0 Å². The second kappa shape index (κ2) is 14.0. The van der Waals surface area contributed by atoms with Crippen LogP contribution in [0.3, 0.4) is 0 Å². The molecule has 0 radical (unpaired) electrons. The number of aromatic nitrogens is 1. The van der Waals surface area contributed by atoms with Crippen molar-refractivity contribution in [2.45, 2.75) is 52.1 Å². The van der Waals surface area contributed by atoms with Crippen molar-refractivity contribution in [3.63, 3.8) is 0 Å². The molecule has 1 saturated heterocycles. The van der Waals surface area contributed by atoms with E-state index in [1.807, 2.05) is 13.8 Å². The molecule has 2 aromatic carbocycles. The van der Waals surface area contributed by atoms with Gasteiger partial charge in [0.05, 0.1) is 48.4 Å². The summed E-state index contributed by atoms with van der Waals surface area (Å²) in [6.07, 6.45) is -3.33. The number of hydrogen-bond acceptors (Lipinski definition) is 6. The topological polar surface area (TPSA) is 68.1 Å². The number of fused-ring (bicyclic) bond motifs is 1. The van der Waals surface area contributed by atoms with Crippen LogP contribution in [0.15, 0.2) is 47.5 Å². The van der Waals surface area contributed by atoms with Crippen molar-refractivity contribution in [2.75, 3.05) is 38.7 Å². The van der Waals surface area contributed by atoms with Gasteiger partial charge in [-0.1, -0.05) is 12.0 Å². The molecule has 0 saturated carbocycles. The van der Waals surface area contributed by atoms with Crippen molar-refractivity contribution in [1.29, 1.82) is 0 Å². The quantitative estimate of drug-likeness (QED) is 0.129. The summed E-state index contributed by atoms with van der Waals surface area (Å²) < 4.78 is 67.1. The Balaban J connectivity index is 1.57. The van der Waals surface area contributed by atoms with E-state index in [1.165, 1.54) is 13.2 Å². The van der Waals surface area contributed by atoms with Crippen molar-refractivity contribution >= 4 is 34.5 Å². The van der Waals surface area contributed by atoms with E-state index < -0.39 is 24.9 Å². The van der Waals surface area contributed by atoms with Crippen molar-refractivity contribution in [1.82, 2.24) is 9.47 Å². The summed E-state index contributed by atoms with van der Waals surface area (Å²) in [6.45, 7) is 5.99. The van der Waals surface area contributed by atoms with Crippen molar-refractivity contribution in [2.24, 2.45) is 10.9 Å². The fourth-order valence-corrected chi connectivity index (χ4v) is 5.05. The number of carbonyl (C=O) groups is 1. The molecular weight excluding hydrogens is 564 g/mol. The molecule has 11 heteroatoms. The summed E-state index contributed by atoms with van der Waals surface area (Å²) >= 11 is 0. The van der Waals surface area contributed by atoms with Crippen LogP contribution in [0, 0.1) is 17.8 Å². The Morgan fingerprint density at radius 1 is 1.23 bits per heavy atom. The number of ether oxygens (including phenoxy) is 2. The molecule has 230 valence electrons. The van der Waals surface area contributed by atoms with Gasteiger partial charge in [-0.15, -0.1) is 0 Å². The second-order valence-corrected chi connectivity index (χ2v) is 10.6. The highest BCUT2D eigenvalue weighted by Gasteiger charge is 2.31. The first-order valence-corrected chi connectivity index (χ1v) is 14.2. The van der Waals surface area contributed by atoms with E-state index in [9.17, 15) is 22.4 Å². The van der Waals surface area contributed by atoms with E-state index in [0.717, 1.165) is 11.1 Å². The zero-order valence-electron chi connectivity index (χ0n) is 24.7. The summed E-state index contributed by atoms with van der Waals surface area (Å²) in [7, 11) is 1.46. The lowest BCUT2D eigenvalue weighted by Gasteiger charge is -2.35. The number of halogens is 4. The first kappa shape index (κ1) is 31.9. The molecule has 1 N–H and O–H groups in total. The maximum atomic E-state index is 14.8. The van der Waals surface area contributed by atoms with Crippen LogP contribution in [-0.4, -0.2) is 73.4 Å². The van der Waals surface area contributed by atoms with Gasteiger partial charge in [0.25, 0.3) is 0 Å². The molecule has 1 aromatic heterocycles. The molecule has 2 atom stereocenters. The molecule has 2 heterocycles. The van der Waals surface area contributed by atoms with Crippen LogP contribution in [0.2, 0.25) is 0 Å². The molecule has 0 spiro atoms. The highest BCUT2D eigenvalue weighted by Crippen LogP contribution is 2.32. The molecule has 4 rings (SSSR count). The van der Waals surface area contributed by atoms with Gasteiger partial charge in [0.1, 0.15) is 18.5 Å². The van der Waals surface area contributed by atoms with Crippen LogP contribution in [-0.2, 0) is 11.3 Å². The number of benzene rings is 2. The van der Waals surface area contributed by atoms with Gasteiger partial charge in [-0.05, 0) is 76.1 Å². The summed E-state index contributed by atoms with van der Waals surface area (Å²) in [5, 5.41) is 3.58. The standard InChI is InChI=1S/C32H36F4N4O3/c1-5-43-31(41)22-11-12-28(30(16-22)42-4)37-14-7-8-24-17-25-27(9-6-10-29(25)40(24)20-32(34,35)36)38-18-23-13-15-39(21(2)3)19-26(23)33/h6,9-12,16-18,21,23,26,37H,5,13-15,19-20H2,1-4H3/b38-18+/t23?,26-/m1/s1. The van der Waals surface area contributed by atoms with Gasteiger partial charge in [0, 0.05) is 30.1 Å². The van der Waals surface area contributed by atoms with Crippen LogP contribution >= 0.6 is 0 Å². The fourth-order valence-electron chi connectivity index (χ4n) is 5.05. The number of nitrogens with one attached hydrogen (secondary N) is 1. The lowest BCUT2D eigenvalue weighted by atomic mass is 9.95. The van der Waals surface area contributed by atoms with Crippen LogP contribution in [0.5, 0.6) is 5.75 Å². The predicted molar refractivity (Wildman–Crippen MR) is 160 cm³/mol. The number of anilines is 1. The molecule has 43 heavy (non-hydrogen) atoms. The monoisotopic (exact) mass is 600 g/mol. The van der Waals surface area contributed by atoms with E-state index in [0.29, 0.717) is 46.6 Å². The first-order valence-electron chi connectivity index (χ1n) is 14.2. The number of hydrogen-bond donors (Lipinski definition) is 1. The Morgan fingerprint density at radius 3 is 2.70 bits per heavy atom. The van der Waals surface area contributed by atoms with Gasteiger partial charge >= 0.3 is 12.1 Å². The van der Waals surface area contributed by atoms with Gasteiger partial charge in [-0.2, -0.15) is 13.2 Å². The minimum atomic E-state index is -4.47. The first-order chi connectivity index (χ1) is 20.5. The number of rotatable bonds is 9. The number of methoxy groups -OCH3 is 1. The van der Waals surface area contributed by atoms with Crippen LogP contribution in [0.25, 0.3) is 10.9 Å². The summed E-state index contributed by atoms with van der Waals surface area (Å²) in [5.74, 6) is 5.28. The third-order valence-electron chi connectivity index (χ3n) is 7.32. The molecule has 3 aromatic rings. The molecule has 1 unspecified atom stereocenters. The molecule has 0 amide bonds. The predicted octanol–water partition coefficient (Wildman–Crippen LogP) is 6.62. The van der Waals surface area contributed by atoms with Gasteiger partial charge < -0.3 is 19.4 Å². The van der Waals surface area contributed by atoms with Gasteiger partial charge in [0.15, 0.2) is 0 Å². The Hall–Kier alpha value is -4.04. The normalized spacial score (nSPS) is 17.7. The average molecular weight is 601 g/mol. The highest BCUT2D eigenvalue weighted by molar-refractivity contribution is 5.94. The fraction of sp³-hybridized carbons (Fsp3) is 0.438. The molecule has 0 aliphatic carbocycles. The van der Waals surface area contributed by atoms with Crippen LogP contribution in [0.4, 0.5) is 28.9 Å². The van der Waals surface area contributed by atoms with Gasteiger partial charge in [-0.25, -0.2) is 9.18 Å². The highest BCUT2D eigenvalue weighted by atomic mass is 19.4. The zero-order chi connectivity index (χ0) is 31.1. The lowest BCUT2D eigenvalue weighted by Crippen LogP contribution is -2.45. The van der Waals surface area contributed by atoms with E-state index >= 15 is 0 Å². The molecule has 1 aliphatic heterocycles. The second-order valence-electron chi connectivity index (χ2n) is 10.6. The van der Waals surface area contributed by atoms with E-state index in [1.54, 1.807) is 49.5 Å². The molecule has 1 aliphatic rings. The number of carbonyl (C=O) groups excluding carboxylic acids is 1. The largest absolute Gasteiger partial charge is 0.495 e. The number of alkyl halides is 4. The Kier molecular flexibility index (Phi) is 10.3. The van der Waals surface area contributed by atoms with Gasteiger partial charge in [-0.3, -0.25) is 9.89 Å². The lowest BCUT2D eigenvalue weighted by molar-refractivity contribution is -0.140. The van der Waals surface area contributed by atoms with Crippen molar-refractivity contribution < 1.29 is 31.8 Å². The van der Waals surface area contributed by atoms with E-state index in [4.69, 9.17) is 9.47 Å². The summed E-state index contributed by atoms with van der Waals surface area (Å²) in [6, 6.07) is 11.6. The Labute approximate surface area is 248 Å². The molecule has 7 nitrogen and oxygen atoms in total. The number of piperidine rings is 1. The van der Waals surface area contributed by atoms with Crippen LogP contribution in [0.1, 0.15) is 43.2 Å². The third kappa shape index (κ3) is 8.08. The molecular formula is C32H36F4N4O3. The minimum Gasteiger partial charge on any atom is -0.495 e. The number of likely N-dealkylation sites (tertiary alicyclic amines) is 1. The Bertz CT molecular complexity index is 1520. The summed E-state index contributed by atoms with van der Waals surface area (Å²) in [5.41, 5.74) is 1.86. The summed E-state index contributed by atoms with van der Waals surface area (Å²) in [4.78, 5) is 18.6. The SMILES string of the molecule is CCOC(=O)c1ccc(NCC#Cc2cc3c(/N=C/C4CCN(C(C)C)C[C@H]4F)cccc3n2CC(F)(F)F)c(OC)c1. The minimum absolute atomic E-state index is 0.0978. The molecule has 0 bridgehead atoms.